The highest BCUT2D eigenvalue weighted by molar-refractivity contribution is 5.99. The maximum absolute atomic E-state index is 12.3. The van der Waals surface area contributed by atoms with Crippen LogP contribution < -0.4 is 0 Å². The van der Waals surface area contributed by atoms with Crippen molar-refractivity contribution >= 4 is 17.5 Å². The molecule has 9 nitrogen and oxygen atoms in total. The summed E-state index contributed by atoms with van der Waals surface area (Å²) in [5.41, 5.74) is -2.35. The predicted octanol–water partition coefficient (Wildman–Crippen LogP) is 3.03. The lowest BCUT2D eigenvalue weighted by Crippen LogP contribution is -2.41. The first-order valence-electron chi connectivity index (χ1n) is 13.3. The van der Waals surface area contributed by atoms with Crippen LogP contribution in [0.3, 0.4) is 0 Å². The van der Waals surface area contributed by atoms with Gasteiger partial charge in [-0.05, 0) is 79.6 Å². The lowest BCUT2D eigenvalue weighted by Gasteiger charge is -2.34. The number of Topliss-reactive ketones (excluding diaryl/α,β-unsaturated/α-hetero) is 2. The Morgan fingerprint density at radius 3 is 2.11 bits per heavy atom. The van der Waals surface area contributed by atoms with Gasteiger partial charge in [0.2, 0.25) is 0 Å². The minimum Gasteiger partial charge on any atom is -0.462 e. The molecular formula is C28H51NO8. The first-order valence-corrected chi connectivity index (χ1v) is 13.3. The third-order valence-electron chi connectivity index (χ3n) is 6.57. The van der Waals surface area contributed by atoms with E-state index in [4.69, 9.17) is 9.47 Å². The molecule has 0 amide bonds. The van der Waals surface area contributed by atoms with Gasteiger partial charge in [-0.2, -0.15) is 0 Å². The molecule has 2 rings (SSSR count). The van der Waals surface area contributed by atoms with Crippen molar-refractivity contribution in [1.29, 1.82) is 0 Å². The number of esters is 1. The van der Waals surface area contributed by atoms with E-state index in [0.29, 0.717) is 11.6 Å². The minimum atomic E-state index is -1.50. The molecule has 7 atom stereocenters. The fraction of sp³-hybridized carbons (Fsp3) is 0.821. The first-order chi connectivity index (χ1) is 16.9. The highest BCUT2D eigenvalue weighted by atomic mass is 16.6. The van der Waals surface area contributed by atoms with Crippen molar-refractivity contribution in [3.8, 4) is 0 Å². The lowest BCUT2D eigenvalue weighted by atomic mass is 9.83. The van der Waals surface area contributed by atoms with Crippen molar-refractivity contribution in [1.82, 2.24) is 4.90 Å². The maximum atomic E-state index is 12.3. The van der Waals surface area contributed by atoms with E-state index in [0.717, 1.165) is 12.8 Å². The Morgan fingerprint density at radius 2 is 1.59 bits per heavy atom. The van der Waals surface area contributed by atoms with Crippen LogP contribution in [0.25, 0.3) is 0 Å². The molecule has 0 aromatic rings. The summed E-state index contributed by atoms with van der Waals surface area (Å²) in [5, 5.41) is 29.9. The number of ketones is 2. The van der Waals surface area contributed by atoms with E-state index in [1.54, 1.807) is 20.8 Å². The van der Waals surface area contributed by atoms with Gasteiger partial charge in [-0.15, -0.1) is 0 Å². The van der Waals surface area contributed by atoms with Gasteiger partial charge in [-0.3, -0.25) is 14.4 Å². The molecule has 4 unspecified atom stereocenters. The quantitative estimate of drug-likeness (QED) is 0.346. The van der Waals surface area contributed by atoms with E-state index in [1.165, 1.54) is 19.9 Å². The van der Waals surface area contributed by atoms with Gasteiger partial charge in [0, 0.05) is 24.8 Å². The van der Waals surface area contributed by atoms with E-state index in [2.05, 4.69) is 4.90 Å². The molecule has 216 valence electrons. The number of aliphatic hydroxyl groups is 3. The van der Waals surface area contributed by atoms with Crippen molar-refractivity contribution in [3.63, 3.8) is 0 Å². The second-order valence-corrected chi connectivity index (χ2v) is 10.9. The van der Waals surface area contributed by atoms with Crippen LogP contribution in [0.15, 0.2) is 11.6 Å². The number of cyclic esters (lactones) is 1. The Labute approximate surface area is 223 Å². The summed E-state index contributed by atoms with van der Waals surface area (Å²) in [6.07, 6.45) is 3.20. The molecular weight excluding hydrogens is 478 g/mol. The molecule has 1 saturated heterocycles. The highest BCUT2D eigenvalue weighted by Crippen LogP contribution is 2.26. The van der Waals surface area contributed by atoms with Crippen LogP contribution in [0.1, 0.15) is 87.5 Å². The van der Waals surface area contributed by atoms with Crippen molar-refractivity contribution in [3.05, 3.63) is 11.6 Å². The van der Waals surface area contributed by atoms with Crippen LogP contribution in [0.5, 0.6) is 0 Å². The summed E-state index contributed by atoms with van der Waals surface area (Å²) in [4.78, 5) is 38.7. The molecule has 2 heterocycles. The van der Waals surface area contributed by atoms with E-state index < -0.39 is 35.3 Å². The molecule has 2 aliphatic heterocycles. The minimum absolute atomic E-state index is 0.113. The molecule has 37 heavy (non-hydrogen) atoms. The largest absolute Gasteiger partial charge is 0.462 e. The van der Waals surface area contributed by atoms with Crippen molar-refractivity contribution < 1.29 is 39.2 Å². The van der Waals surface area contributed by atoms with Crippen molar-refractivity contribution in [2.75, 3.05) is 20.7 Å². The predicted molar refractivity (Wildman–Crippen MR) is 143 cm³/mol. The number of aliphatic hydroxyl groups excluding tert-OH is 1. The van der Waals surface area contributed by atoms with Crippen molar-refractivity contribution in [2.45, 2.75) is 117 Å². The monoisotopic (exact) mass is 529 g/mol. The Morgan fingerprint density at radius 1 is 1.03 bits per heavy atom. The zero-order valence-corrected chi connectivity index (χ0v) is 24.5. The molecule has 0 aromatic heterocycles. The number of hydrogen-bond donors (Lipinski definition) is 3. The van der Waals surface area contributed by atoms with Gasteiger partial charge < -0.3 is 29.7 Å². The van der Waals surface area contributed by atoms with Gasteiger partial charge >= 0.3 is 5.97 Å². The summed E-state index contributed by atoms with van der Waals surface area (Å²) in [7, 11) is 4.07. The van der Waals surface area contributed by atoms with Crippen LogP contribution in [0.2, 0.25) is 0 Å². The molecule has 0 aromatic carbocycles. The third kappa shape index (κ3) is 13.1. The average Bonchev–Trinajstić information content (AvgIpc) is 2.80. The molecule has 2 aliphatic rings. The lowest BCUT2D eigenvalue weighted by molar-refractivity contribution is -0.172. The molecule has 9 heteroatoms. The fourth-order valence-electron chi connectivity index (χ4n) is 4.43. The number of hydrogen-bond acceptors (Lipinski definition) is 9. The zero-order chi connectivity index (χ0) is 29.1. The van der Waals surface area contributed by atoms with Crippen LogP contribution in [-0.4, -0.2) is 88.1 Å². The zero-order valence-electron chi connectivity index (χ0n) is 24.5. The summed E-state index contributed by atoms with van der Waals surface area (Å²) in [6.45, 7) is 13.4. The van der Waals surface area contributed by atoms with E-state index in [9.17, 15) is 29.7 Å². The van der Waals surface area contributed by atoms with Crippen LogP contribution >= 0.6 is 0 Å². The van der Waals surface area contributed by atoms with Crippen molar-refractivity contribution in [2.24, 2.45) is 11.8 Å². The number of nitrogens with zero attached hydrogens (tertiary/aromatic N) is 1. The van der Waals surface area contributed by atoms with Gasteiger partial charge in [0.25, 0.3) is 0 Å². The second-order valence-electron chi connectivity index (χ2n) is 10.9. The third-order valence-corrected chi connectivity index (χ3v) is 6.57. The van der Waals surface area contributed by atoms with E-state index >= 15 is 0 Å². The molecule has 3 N–H and O–H groups in total. The molecule has 0 radical (unpaired) electrons. The summed E-state index contributed by atoms with van der Waals surface area (Å²) < 4.78 is 10.2. The average molecular weight is 530 g/mol. The highest BCUT2D eigenvalue weighted by Gasteiger charge is 2.34. The fourth-order valence-corrected chi connectivity index (χ4v) is 4.43. The standard InChI is InChI=1S/C18H28O6.C8H17NO2.C2H6/c1-11-8-18(5,23)10-24-16(21)13(3)15(20)12(2)9-17(4,22)7-6-14(11)19;1-6-4-7(9(2)3)5-8(10)11-6;1-2/h8,12-13,22-23H,6-7,9-10H2,1-5H3;6-8,10H,4-5H2,1-3H3;1-2H3/b11-8+;;/t12-,13?,17-,18+;;/m1../s1. The SMILES string of the molecule is C/C1=C\[C@](C)(O)COC(=O)C(C)C(=O)[C@H](C)C[C@](C)(O)CCC1=O.CC.CC1CC(N(C)C)CC(O)O1. The summed E-state index contributed by atoms with van der Waals surface area (Å²) in [6, 6.07) is 0.466. The Hall–Kier alpha value is -1.65. The Balaban J connectivity index is 0.000000827. The van der Waals surface area contributed by atoms with E-state index in [-0.39, 0.29) is 43.5 Å². The normalized spacial score (nSPS) is 37.6. The topological polar surface area (TPSA) is 134 Å². The van der Waals surface area contributed by atoms with Gasteiger partial charge in [-0.25, -0.2) is 0 Å². The van der Waals surface area contributed by atoms with Gasteiger partial charge in [0.05, 0.1) is 11.7 Å². The molecule has 0 spiro atoms. The molecule has 0 bridgehead atoms. The number of allylic oxidation sites excluding steroid dienone is 1. The Kier molecular flexibility index (Phi) is 15.0. The van der Waals surface area contributed by atoms with Crippen LogP contribution in [0.4, 0.5) is 0 Å². The van der Waals surface area contributed by atoms with Gasteiger partial charge in [-0.1, -0.05) is 20.8 Å². The molecule has 0 saturated carbocycles. The number of ether oxygens (including phenoxy) is 2. The smallest absolute Gasteiger partial charge is 0.316 e. The maximum Gasteiger partial charge on any atom is 0.316 e. The Bertz CT molecular complexity index is 764. The number of carbonyl (C=O) groups excluding carboxylic acids is 3. The summed E-state index contributed by atoms with van der Waals surface area (Å²) in [5.74, 6) is -2.76. The first kappa shape index (κ1) is 35.4. The van der Waals surface area contributed by atoms with Gasteiger partial charge in [0.1, 0.15) is 23.9 Å². The van der Waals surface area contributed by atoms with Crippen LogP contribution in [-0.2, 0) is 23.9 Å². The van der Waals surface area contributed by atoms with E-state index in [1.807, 2.05) is 34.9 Å². The van der Waals surface area contributed by atoms with Crippen LogP contribution in [0, 0.1) is 11.8 Å². The molecule has 1 fully saturated rings. The number of rotatable bonds is 1. The van der Waals surface area contributed by atoms with Gasteiger partial charge in [0.15, 0.2) is 12.1 Å². The molecule has 0 aliphatic carbocycles. The number of carbonyl (C=O) groups is 3. The summed E-state index contributed by atoms with van der Waals surface area (Å²) >= 11 is 0. The second kappa shape index (κ2) is 15.7.